The Morgan fingerprint density at radius 1 is 1.31 bits per heavy atom. The molecule has 0 aliphatic carbocycles. The van der Waals surface area contributed by atoms with Gasteiger partial charge in [-0.25, -0.2) is 0 Å². The van der Waals surface area contributed by atoms with Crippen molar-refractivity contribution in [2.45, 2.75) is 12.5 Å². The van der Waals surface area contributed by atoms with Gasteiger partial charge >= 0.3 is 0 Å². The van der Waals surface area contributed by atoms with Crippen LogP contribution in [0.4, 0.5) is 0 Å². The van der Waals surface area contributed by atoms with Crippen LogP contribution in [0.5, 0.6) is 0 Å². The highest BCUT2D eigenvalue weighted by molar-refractivity contribution is 6.14. The van der Waals surface area contributed by atoms with Crippen molar-refractivity contribution in [2.75, 3.05) is 27.2 Å². The van der Waals surface area contributed by atoms with E-state index in [1.165, 1.54) is 17.2 Å². The van der Waals surface area contributed by atoms with E-state index in [9.17, 15) is 14.7 Å². The van der Waals surface area contributed by atoms with Crippen molar-refractivity contribution < 1.29 is 19.1 Å². The molecule has 0 unspecified atom stereocenters. The van der Waals surface area contributed by atoms with E-state index in [4.69, 9.17) is 4.42 Å². The van der Waals surface area contributed by atoms with E-state index >= 15 is 0 Å². The van der Waals surface area contributed by atoms with Gasteiger partial charge in [-0.05, 0) is 56.9 Å². The molecule has 26 heavy (non-hydrogen) atoms. The summed E-state index contributed by atoms with van der Waals surface area (Å²) in [6.45, 7) is 1.21. The summed E-state index contributed by atoms with van der Waals surface area (Å²) < 4.78 is 5.18. The Balaban J connectivity index is 1.97. The molecule has 3 heterocycles. The van der Waals surface area contributed by atoms with E-state index in [1.54, 1.807) is 30.6 Å². The third-order valence-electron chi connectivity index (χ3n) is 4.32. The molecule has 1 atom stereocenters. The van der Waals surface area contributed by atoms with Crippen molar-refractivity contribution in [3.63, 3.8) is 0 Å². The monoisotopic (exact) mass is 355 g/mol. The average molecular weight is 355 g/mol. The highest BCUT2D eigenvalue weighted by atomic mass is 16.3. The highest BCUT2D eigenvalue weighted by Gasteiger charge is 2.44. The van der Waals surface area contributed by atoms with Gasteiger partial charge < -0.3 is 19.3 Å². The molecule has 1 aliphatic rings. The van der Waals surface area contributed by atoms with Gasteiger partial charge in [0.25, 0.3) is 5.91 Å². The minimum Gasteiger partial charge on any atom is -0.503 e. The van der Waals surface area contributed by atoms with E-state index in [-0.39, 0.29) is 11.3 Å². The van der Waals surface area contributed by atoms with Crippen LogP contribution in [-0.4, -0.2) is 58.8 Å². The van der Waals surface area contributed by atoms with Crippen molar-refractivity contribution in [2.24, 2.45) is 0 Å². The molecule has 0 fully saturated rings. The Morgan fingerprint density at radius 3 is 2.65 bits per heavy atom. The molecule has 7 heteroatoms. The van der Waals surface area contributed by atoms with Crippen LogP contribution in [0.2, 0.25) is 0 Å². The molecule has 136 valence electrons. The number of aliphatic hydroxyl groups is 1. The van der Waals surface area contributed by atoms with E-state index in [1.807, 2.05) is 19.0 Å². The second-order valence-corrected chi connectivity index (χ2v) is 6.41. The lowest BCUT2D eigenvalue weighted by atomic mass is 9.96. The fourth-order valence-electron chi connectivity index (χ4n) is 3.11. The average Bonchev–Trinajstić information content (AvgIpc) is 3.24. The number of aromatic nitrogens is 1. The van der Waals surface area contributed by atoms with Crippen LogP contribution in [0.1, 0.15) is 28.6 Å². The third kappa shape index (κ3) is 3.39. The van der Waals surface area contributed by atoms with Crippen LogP contribution >= 0.6 is 0 Å². The van der Waals surface area contributed by atoms with Gasteiger partial charge in [0.1, 0.15) is 0 Å². The molecular weight excluding hydrogens is 334 g/mol. The summed E-state index contributed by atoms with van der Waals surface area (Å²) in [5.74, 6) is -1.45. The van der Waals surface area contributed by atoms with Gasteiger partial charge in [-0.2, -0.15) is 0 Å². The van der Waals surface area contributed by atoms with Gasteiger partial charge in [-0.1, -0.05) is 0 Å². The summed E-state index contributed by atoms with van der Waals surface area (Å²) in [6, 6.07) is 5.93. The zero-order valence-electron chi connectivity index (χ0n) is 14.8. The van der Waals surface area contributed by atoms with Gasteiger partial charge in [0.2, 0.25) is 5.78 Å². The fraction of sp³-hybridized carbons (Fsp3) is 0.316. The standard InChI is InChI=1S/C19H21N3O4/c1-21(2)10-4-11-22-16(13-6-8-20-9-7-13)15(18(24)19(22)25)17(23)14-5-3-12-26-14/h3,5-9,12,16,24H,4,10-11H2,1-2H3/t16-/m1/s1. The van der Waals surface area contributed by atoms with E-state index in [2.05, 4.69) is 4.98 Å². The summed E-state index contributed by atoms with van der Waals surface area (Å²) >= 11 is 0. The maximum Gasteiger partial charge on any atom is 0.290 e. The molecule has 2 aromatic heterocycles. The molecule has 0 radical (unpaired) electrons. The Morgan fingerprint density at radius 2 is 2.04 bits per heavy atom. The number of hydrogen-bond acceptors (Lipinski definition) is 6. The molecule has 0 saturated heterocycles. The summed E-state index contributed by atoms with van der Waals surface area (Å²) in [6.07, 6.45) is 5.30. The van der Waals surface area contributed by atoms with Crippen molar-refractivity contribution >= 4 is 11.7 Å². The van der Waals surface area contributed by atoms with Crippen LogP contribution in [-0.2, 0) is 4.79 Å². The number of carbonyl (C=O) groups excluding carboxylic acids is 2. The van der Waals surface area contributed by atoms with Crippen LogP contribution in [0.15, 0.2) is 58.7 Å². The first-order chi connectivity index (χ1) is 12.5. The molecular formula is C19H21N3O4. The number of carbonyl (C=O) groups is 2. The van der Waals surface area contributed by atoms with Crippen LogP contribution in [0, 0.1) is 0 Å². The smallest absolute Gasteiger partial charge is 0.290 e. The summed E-state index contributed by atoms with van der Waals surface area (Å²) in [4.78, 5) is 33.1. The molecule has 0 aromatic carbocycles. The second-order valence-electron chi connectivity index (χ2n) is 6.41. The lowest BCUT2D eigenvalue weighted by Crippen LogP contribution is -2.33. The molecule has 1 amide bonds. The molecule has 1 aliphatic heterocycles. The minimum absolute atomic E-state index is 0.0426. The lowest BCUT2D eigenvalue weighted by molar-refractivity contribution is -0.129. The van der Waals surface area contributed by atoms with Crippen LogP contribution in [0.25, 0.3) is 0 Å². The molecule has 3 rings (SSSR count). The Hall–Kier alpha value is -2.93. The number of pyridine rings is 1. The number of rotatable bonds is 7. The number of hydrogen-bond donors (Lipinski definition) is 1. The maximum atomic E-state index is 12.9. The normalized spacial score (nSPS) is 17.4. The quantitative estimate of drug-likeness (QED) is 0.766. The minimum atomic E-state index is -0.662. The van der Waals surface area contributed by atoms with Crippen molar-refractivity contribution in [3.8, 4) is 0 Å². The number of nitrogens with zero attached hydrogens (tertiary/aromatic N) is 3. The number of aliphatic hydroxyl groups excluding tert-OH is 1. The van der Waals surface area contributed by atoms with Gasteiger partial charge in [-0.3, -0.25) is 14.6 Å². The maximum absolute atomic E-state index is 12.9. The van der Waals surface area contributed by atoms with Gasteiger partial charge in [0.05, 0.1) is 17.9 Å². The van der Waals surface area contributed by atoms with Crippen LogP contribution in [0.3, 0.4) is 0 Å². The number of Topliss-reactive ketones (excluding diaryl/α,β-unsaturated/α-hetero) is 1. The van der Waals surface area contributed by atoms with E-state index in [0.29, 0.717) is 6.54 Å². The highest BCUT2D eigenvalue weighted by Crippen LogP contribution is 2.38. The zero-order valence-corrected chi connectivity index (χ0v) is 14.8. The van der Waals surface area contributed by atoms with Gasteiger partial charge in [-0.15, -0.1) is 0 Å². The predicted octanol–water partition coefficient (Wildman–Crippen LogP) is 2.20. The van der Waals surface area contributed by atoms with Gasteiger partial charge in [0.15, 0.2) is 11.5 Å². The lowest BCUT2D eigenvalue weighted by Gasteiger charge is -2.27. The second kappa shape index (κ2) is 7.53. The summed E-state index contributed by atoms with van der Waals surface area (Å²) in [5.41, 5.74) is 0.762. The number of amides is 1. The molecule has 2 aromatic rings. The topological polar surface area (TPSA) is 86.9 Å². The largest absolute Gasteiger partial charge is 0.503 e. The first-order valence-corrected chi connectivity index (χ1v) is 8.37. The Labute approximate surface area is 151 Å². The molecule has 0 saturated carbocycles. The predicted molar refractivity (Wildman–Crippen MR) is 94.6 cm³/mol. The van der Waals surface area contributed by atoms with Crippen LogP contribution < -0.4 is 0 Å². The third-order valence-corrected chi connectivity index (χ3v) is 4.32. The summed E-state index contributed by atoms with van der Waals surface area (Å²) in [5, 5.41) is 10.4. The van der Waals surface area contributed by atoms with E-state index in [0.717, 1.165) is 18.5 Å². The zero-order chi connectivity index (χ0) is 18.7. The Kier molecular flexibility index (Phi) is 5.18. The fourth-order valence-corrected chi connectivity index (χ4v) is 3.11. The summed E-state index contributed by atoms with van der Waals surface area (Å²) in [7, 11) is 3.90. The van der Waals surface area contributed by atoms with Gasteiger partial charge in [0, 0.05) is 18.9 Å². The van der Waals surface area contributed by atoms with Crippen molar-refractivity contribution in [1.29, 1.82) is 0 Å². The Bertz CT molecular complexity index is 813. The molecule has 1 N–H and O–H groups in total. The SMILES string of the molecule is CN(C)CCCN1C(=O)C(O)=C(C(=O)c2ccco2)[C@H]1c1ccncc1. The number of furan rings is 1. The molecule has 0 bridgehead atoms. The molecule has 7 nitrogen and oxygen atoms in total. The van der Waals surface area contributed by atoms with Crippen molar-refractivity contribution in [3.05, 3.63) is 65.6 Å². The first-order valence-electron chi connectivity index (χ1n) is 8.37. The van der Waals surface area contributed by atoms with Crippen molar-refractivity contribution in [1.82, 2.24) is 14.8 Å². The molecule has 0 spiro atoms. The number of ketones is 1. The first kappa shape index (κ1) is 17.9. The van der Waals surface area contributed by atoms with E-state index < -0.39 is 23.5 Å².